The summed E-state index contributed by atoms with van der Waals surface area (Å²) in [5.74, 6) is -1.01. The van der Waals surface area contributed by atoms with Gasteiger partial charge in [0.05, 0.1) is 51.8 Å². The van der Waals surface area contributed by atoms with Gasteiger partial charge in [0.1, 0.15) is 36.9 Å². The maximum atomic E-state index is 9.80. The molecule has 0 aliphatic heterocycles. The number of carboxylic acid groups (broad SMARTS) is 2. The smallest absolute Gasteiger partial charge is 0.328 e. The molecule has 0 unspecified atom stereocenters. The van der Waals surface area contributed by atoms with E-state index < -0.39 is 24.1 Å². The highest BCUT2D eigenvalue weighted by molar-refractivity contribution is 5.89. The Morgan fingerprint density at radius 3 is 1.19 bits per heavy atom. The summed E-state index contributed by atoms with van der Waals surface area (Å²) in [5, 5.41) is 41.6. The number of aliphatic hydroxyl groups excluding tert-OH is 2. The molecular weight excluding hydrogens is 700 g/mol. The second kappa shape index (κ2) is 31.7. The van der Waals surface area contributed by atoms with Crippen LogP contribution in [0.25, 0.3) is 0 Å². The third-order valence-electron chi connectivity index (χ3n) is 6.52. The van der Waals surface area contributed by atoms with Crippen LogP contribution in [0, 0.1) is 0 Å². The number of nitrogens with one attached hydrogen (secondary N) is 2. The van der Waals surface area contributed by atoms with Crippen LogP contribution in [0.1, 0.15) is 66.5 Å². The van der Waals surface area contributed by atoms with Crippen LogP contribution in [-0.2, 0) is 41.8 Å². The van der Waals surface area contributed by atoms with Gasteiger partial charge in [-0.05, 0) is 63.1 Å². The molecule has 0 aliphatic rings. The van der Waals surface area contributed by atoms with Crippen molar-refractivity contribution in [1.82, 2.24) is 10.6 Å². The average molecular weight is 767 g/mol. The SMILES string of the molecule is CC(C)NC[C@@H](O)COc1ccc(COCCOC(C)C)cc1.CC(C)NC[C@@H](O)COc1ccc(COCCOC(C)C)cc1.O=C(O)/C=C/C(=O)O. The van der Waals surface area contributed by atoms with E-state index in [1.807, 2.05) is 104 Å². The number of aliphatic carboxylic acids is 2. The summed E-state index contributed by atoms with van der Waals surface area (Å²) in [6.45, 7) is 21.4. The molecule has 14 nitrogen and oxygen atoms in total. The quantitative estimate of drug-likeness (QED) is 0.0581. The summed E-state index contributed by atoms with van der Waals surface area (Å²) >= 11 is 0. The Bertz CT molecular complexity index is 1140. The zero-order valence-electron chi connectivity index (χ0n) is 33.4. The summed E-state index contributed by atoms with van der Waals surface area (Å²) in [4.78, 5) is 19.1. The third kappa shape index (κ3) is 33.0. The highest BCUT2D eigenvalue weighted by Gasteiger charge is 2.07. The molecule has 0 radical (unpaired) electrons. The van der Waals surface area contributed by atoms with Crippen LogP contribution in [0.5, 0.6) is 11.5 Å². The van der Waals surface area contributed by atoms with Crippen LogP contribution in [0.15, 0.2) is 60.7 Å². The van der Waals surface area contributed by atoms with E-state index >= 15 is 0 Å². The van der Waals surface area contributed by atoms with Crippen molar-refractivity contribution in [3.63, 3.8) is 0 Å². The number of aliphatic hydroxyl groups is 2. The largest absolute Gasteiger partial charge is 0.491 e. The van der Waals surface area contributed by atoms with Crippen LogP contribution < -0.4 is 20.1 Å². The molecule has 2 atom stereocenters. The van der Waals surface area contributed by atoms with Gasteiger partial charge in [0.2, 0.25) is 0 Å². The van der Waals surface area contributed by atoms with Gasteiger partial charge >= 0.3 is 11.9 Å². The van der Waals surface area contributed by atoms with Gasteiger partial charge in [-0.25, -0.2) is 9.59 Å². The standard InChI is InChI=1S/2C18H31NO4.C4H4O4/c2*1-14(2)19-11-17(20)13-23-18-7-5-16(6-8-18)12-21-9-10-22-15(3)4;5-3(6)1-2-4(7)8/h2*5-8,14-15,17,19-20H,9-13H2,1-4H3;1-2H,(H,5,6)(H,7,8)/b;;2-1+/t2*17-;/m11./s1. The number of carbonyl (C=O) groups is 2. The molecule has 0 saturated heterocycles. The topological polar surface area (TPSA) is 194 Å². The Hall–Kier alpha value is -3.60. The second-order valence-corrected chi connectivity index (χ2v) is 13.3. The summed E-state index contributed by atoms with van der Waals surface area (Å²) in [6, 6.07) is 16.2. The first kappa shape index (κ1) is 50.4. The number of benzene rings is 2. The molecule has 0 fully saturated rings. The maximum absolute atomic E-state index is 9.80. The summed E-state index contributed by atoms with van der Waals surface area (Å²) in [6.07, 6.45) is 0.565. The van der Waals surface area contributed by atoms with Gasteiger partial charge in [-0.3, -0.25) is 0 Å². The lowest BCUT2D eigenvalue weighted by molar-refractivity contribution is -0.134. The van der Waals surface area contributed by atoms with E-state index in [9.17, 15) is 19.8 Å². The van der Waals surface area contributed by atoms with Gasteiger partial charge < -0.3 is 59.5 Å². The Kier molecular flexibility index (Phi) is 29.6. The van der Waals surface area contributed by atoms with Gasteiger partial charge in [0, 0.05) is 37.3 Å². The molecule has 2 rings (SSSR count). The molecule has 2 aromatic rings. The van der Waals surface area contributed by atoms with E-state index in [0.29, 0.717) is 77.0 Å². The Balaban J connectivity index is 0.000000867. The van der Waals surface area contributed by atoms with E-state index in [2.05, 4.69) is 10.6 Å². The fourth-order valence-electron chi connectivity index (χ4n) is 3.82. The van der Waals surface area contributed by atoms with Crippen molar-refractivity contribution < 1.29 is 58.4 Å². The van der Waals surface area contributed by atoms with E-state index in [1.165, 1.54) is 0 Å². The average Bonchev–Trinajstić information content (AvgIpc) is 3.11. The number of hydrogen-bond donors (Lipinski definition) is 6. The Morgan fingerprint density at radius 2 is 0.907 bits per heavy atom. The van der Waals surface area contributed by atoms with Crippen LogP contribution >= 0.6 is 0 Å². The Morgan fingerprint density at radius 1 is 0.574 bits per heavy atom. The predicted octanol–water partition coefficient (Wildman–Crippen LogP) is 4.44. The Labute approximate surface area is 321 Å². The highest BCUT2D eigenvalue weighted by atomic mass is 16.5. The predicted molar refractivity (Wildman–Crippen MR) is 208 cm³/mol. The maximum Gasteiger partial charge on any atom is 0.328 e. The van der Waals surface area contributed by atoms with E-state index in [4.69, 9.17) is 38.6 Å². The zero-order chi connectivity index (χ0) is 40.7. The summed E-state index contributed by atoms with van der Waals surface area (Å²) < 4.78 is 33.1. The number of hydrogen-bond acceptors (Lipinski definition) is 12. The number of ether oxygens (including phenoxy) is 6. The molecule has 0 amide bonds. The van der Waals surface area contributed by atoms with E-state index in [0.717, 1.165) is 22.6 Å². The molecule has 0 heterocycles. The van der Waals surface area contributed by atoms with Crippen LogP contribution in [-0.4, -0.2) is 122 Å². The van der Waals surface area contributed by atoms with Gasteiger partial charge in [-0.15, -0.1) is 0 Å². The van der Waals surface area contributed by atoms with Gasteiger partial charge in [-0.2, -0.15) is 0 Å². The minimum absolute atomic E-state index is 0.237. The molecule has 0 aromatic heterocycles. The minimum Gasteiger partial charge on any atom is -0.491 e. The monoisotopic (exact) mass is 766 g/mol. The van der Waals surface area contributed by atoms with Crippen molar-refractivity contribution in [3.05, 3.63) is 71.8 Å². The van der Waals surface area contributed by atoms with Crippen molar-refractivity contribution in [2.75, 3.05) is 52.7 Å². The first-order valence-electron chi connectivity index (χ1n) is 18.4. The lowest BCUT2D eigenvalue weighted by atomic mass is 10.2. The molecule has 54 heavy (non-hydrogen) atoms. The van der Waals surface area contributed by atoms with Crippen LogP contribution in [0.2, 0.25) is 0 Å². The summed E-state index contributed by atoms with van der Waals surface area (Å²) in [5.41, 5.74) is 2.17. The normalized spacial score (nSPS) is 12.3. The lowest BCUT2D eigenvalue weighted by Crippen LogP contribution is -2.35. The molecule has 0 bridgehead atoms. The van der Waals surface area contributed by atoms with E-state index in [1.54, 1.807) is 0 Å². The highest BCUT2D eigenvalue weighted by Crippen LogP contribution is 2.14. The molecule has 2 aromatic carbocycles. The van der Waals surface area contributed by atoms with Crippen molar-refractivity contribution in [2.45, 2.75) is 105 Å². The molecular formula is C40H66N2O12. The van der Waals surface area contributed by atoms with Crippen molar-refractivity contribution >= 4 is 11.9 Å². The van der Waals surface area contributed by atoms with Crippen molar-refractivity contribution in [2.24, 2.45) is 0 Å². The number of carboxylic acids is 2. The molecule has 0 spiro atoms. The van der Waals surface area contributed by atoms with E-state index in [-0.39, 0.29) is 25.4 Å². The second-order valence-electron chi connectivity index (χ2n) is 13.3. The fourth-order valence-corrected chi connectivity index (χ4v) is 3.82. The fraction of sp³-hybridized carbons (Fsp3) is 0.600. The third-order valence-corrected chi connectivity index (χ3v) is 6.52. The van der Waals surface area contributed by atoms with Gasteiger partial charge in [0.15, 0.2) is 0 Å². The van der Waals surface area contributed by atoms with Crippen LogP contribution in [0.3, 0.4) is 0 Å². The molecule has 14 heteroatoms. The van der Waals surface area contributed by atoms with Gasteiger partial charge in [-0.1, -0.05) is 52.0 Å². The van der Waals surface area contributed by atoms with Crippen LogP contribution in [0.4, 0.5) is 0 Å². The van der Waals surface area contributed by atoms with Crippen molar-refractivity contribution in [3.8, 4) is 11.5 Å². The number of rotatable bonds is 26. The molecule has 0 aliphatic carbocycles. The zero-order valence-corrected chi connectivity index (χ0v) is 33.4. The lowest BCUT2D eigenvalue weighted by Gasteiger charge is -2.15. The molecule has 308 valence electrons. The minimum atomic E-state index is -1.26. The first-order chi connectivity index (χ1) is 25.6. The van der Waals surface area contributed by atoms with Crippen molar-refractivity contribution in [1.29, 1.82) is 0 Å². The summed E-state index contributed by atoms with van der Waals surface area (Å²) in [7, 11) is 0. The molecule has 0 saturated carbocycles. The first-order valence-corrected chi connectivity index (χ1v) is 18.4. The molecule has 6 N–H and O–H groups in total. The van der Waals surface area contributed by atoms with Gasteiger partial charge in [0.25, 0.3) is 0 Å².